The Kier molecular flexibility index (Phi) is 4.15. The van der Waals surface area contributed by atoms with E-state index < -0.39 is 22.9 Å². The molecule has 6 nitrogen and oxygen atoms in total. The molecule has 0 aliphatic heterocycles. The molecule has 0 aliphatic carbocycles. The van der Waals surface area contributed by atoms with Crippen LogP contribution in [0.25, 0.3) is 11.3 Å². The molecule has 0 N–H and O–H groups in total. The van der Waals surface area contributed by atoms with Gasteiger partial charge in [-0.3, -0.25) is 0 Å². The van der Waals surface area contributed by atoms with Crippen molar-refractivity contribution < 1.29 is 27.6 Å². The maximum absolute atomic E-state index is 12.2. The Balaban J connectivity index is 2.42. The molecule has 0 radical (unpaired) electrons. The molecule has 1 heterocycles. The molecule has 0 saturated carbocycles. The first-order valence-electron chi connectivity index (χ1n) is 5.86. The molecular formula is C13H9F3N2O4. The minimum Gasteiger partial charge on any atom is -0.489 e. The lowest BCUT2D eigenvalue weighted by Gasteiger charge is -2.09. The highest BCUT2D eigenvalue weighted by Gasteiger charge is 2.31. The van der Waals surface area contributed by atoms with Gasteiger partial charge in [0.1, 0.15) is 5.75 Å². The van der Waals surface area contributed by atoms with E-state index in [1.807, 2.05) is 0 Å². The Morgan fingerprint density at radius 3 is 2.55 bits per heavy atom. The molecule has 0 bridgehead atoms. The van der Waals surface area contributed by atoms with Crippen molar-refractivity contribution >= 4 is 5.82 Å². The number of hydrogen-bond donors (Lipinski definition) is 0. The van der Waals surface area contributed by atoms with Gasteiger partial charge < -0.3 is 19.6 Å². The third-order valence-corrected chi connectivity index (χ3v) is 2.60. The van der Waals surface area contributed by atoms with Crippen molar-refractivity contribution in [3.05, 3.63) is 46.5 Å². The standard InChI is InChI=1S/C13H9F3N2O4/c1-21-11-6-5-10(17-12(11)18(19)20)8-3-2-4-9(7-8)22-13(14,15)16/h2-7H,1H3. The summed E-state index contributed by atoms with van der Waals surface area (Å²) < 4.78 is 45.2. The largest absolute Gasteiger partial charge is 0.573 e. The van der Waals surface area contributed by atoms with Gasteiger partial charge in [0.2, 0.25) is 5.75 Å². The lowest BCUT2D eigenvalue weighted by molar-refractivity contribution is -0.390. The van der Waals surface area contributed by atoms with Crippen molar-refractivity contribution in [2.75, 3.05) is 7.11 Å². The number of rotatable bonds is 4. The quantitative estimate of drug-likeness (QED) is 0.637. The number of benzene rings is 1. The minimum atomic E-state index is -4.82. The SMILES string of the molecule is COc1ccc(-c2cccc(OC(F)(F)F)c2)nc1[N+](=O)[O-]. The van der Waals surface area contributed by atoms with Gasteiger partial charge in [0.05, 0.1) is 7.11 Å². The number of pyridine rings is 1. The van der Waals surface area contributed by atoms with Gasteiger partial charge in [0, 0.05) is 5.56 Å². The van der Waals surface area contributed by atoms with Crippen LogP contribution in [0.4, 0.5) is 19.0 Å². The van der Waals surface area contributed by atoms with Gasteiger partial charge in [-0.2, -0.15) is 0 Å². The lowest BCUT2D eigenvalue weighted by atomic mass is 10.1. The van der Waals surface area contributed by atoms with Crippen LogP contribution in [0.15, 0.2) is 36.4 Å². The average Bonchev–Trinajstić information content (AvgIpc) is 2.45. The maximum atomic E-state index is 12.2. The molecule has 1 aromatic heterocycles. The zero-order chi connectivity index (χ0) is 16.3. The summed E-state index contributed by atoms with van der Waals surface area (Å²) in [6.07, 6.45) is -4.82. The topological polar surface area (TPSA) is 74.5 Å². The second kappa shape index (κ2) is 5.88. The second-order valence-electron chi connectivity index (χ2n) is 4.06. The van der Waals surface area contributed by atoms with Crippen LogP contribution in [-0.4, -0.2) is 23.4 Å². The molecule has 0 aliphatic rings. The maximum Gasteiger partial charge on any atom is 0.573 e. The van der Waals surface area contributed by atoms with Crippen LogP contribution in [0, 0.1) is 10.1 Å². The van der Waals surface area contributed by atoms with E-state index in [-0.39, 0.29) is 17.0 Å². The van der Waals surface area contributed by atoms with Gasteiger partial charge >= 0.3 is 12.2 Å². The molecular weight excluding hydrogens is 305 g/mol. The molecule has 0 saturated heterocycles. The summed E-state index contributed by atoms with van der Waals surface area (Å²) in [6.45, 7) is 0. The Hall–Kier alpha value is -2.84. The monoisotopic (exact) mass is 314 g/mol. The van der Waals surface area contributed by atoms with Crippen LogP contribution < -0.4 is 9.47 Å². The molecule has 0 spiro atoms. The van der Waals surface area contributed by atoms with Gasteiger partial charge in [-0.05, 0) is 34.2 Å². The van der Waals surface area contributed by atoms with Crippen molar-refractivity contribution in [2.45, 2.75) is 6.36 Å². The highest BCUT2D eigenvalue weighted by Crippen LogP contribution is 2.31. The van der Waals surface area contributed by atoms with E-state index in [2.05, 4.69) is 9.72 Å². The Morgan fingerprint density at radius 2 is 1.95 bits per heavy atom. The molecule has 116 valence electrons. The van der Waals surface area contributed by atoms with Crippen LogP contribution in [0.3, 0.4) is 0 Å². The molecule has 0 amide bonds. The number of alkyl halides is 3. The fraction of sp³-hybridized carbons (Fsp3) is 0.154. The van der Waals surface area contributed by atoms with Crippen molar-refractivity contribution in [3.8, 4) is 22.8 Å². The number of aromatic nitrogens is 1. The molecule has 0 atom stereocenters. The summed E-state index contributed by atoms with van der Waals surface area (Å²) in [6, 6.07) is 7.72. The zero-order valence-corrected chi connectivity index (χ0v) is 11.1. The first-order valence-corrected chi connectivity index (χ1v) is 5.86. The fourth-order valence-electron chi connectivity index (χ4n) is 1.74. The molecule has 0 fully saturated rings. The molecule has 0 unspecified atom stereocenters. The molecule has 22 heavy (non-hydrogen) atoms. The zero-order valence-electron chi connectivity index (χ0n) is 11.1. The minimum absolute atomic E-state index is 0.0450. The van der Waals surface area contributed by atoms with Crippen molar-refractivity contribution in [3.63, 3.8) is 0 Å². The van der Waals surface area contributed by atoms with E-state index in [1.54, 1.807) is 0 Å². The molecule has 2 aromatic rings. The summed E-state index contributed by atoms with van der Waals surface area (Å²) in [5.41, 5.74) is 0.368. The van der Waals surface area contributed by atoms with Crippen LogP contribution in [0.5, 0.6) is 11.5 Å². The van der Waals surface area contributed by atoms with Crippen LogP contribution in [0.1, 0.15) is 0 Å². The van der Waals surface area contributed by atoms with Crippen LogP contribution in [-0.2, 0) is 0 Å². The summed E-state index contributed by atoms with van der Waals surface area (Å²) in [4.78, 5) is 14.0. The van der Waals surface area contributed by atoms with E-state index in [0.29, 0.717) is 0 Å². The first kappa shape index (κ1) is 15.5. The normalized spacial score (nSPS) is 11.1. The number of hydrogen-bond acceptors (Lipinski definition) is 5. The predicted molar refractivity (Wildman–Crippen MR) is 69.6 cm³/mol. The number of halogens is 3. The van der Waals surface area contributed by atoms with Crippen molar-refractivity contribution in [1.29, 1.82) is 0 Å². The van der Waals surface area contributed by atoms with Gasteiger partial charge in [-0.15, -0.1) is 13.2 Å². The average molecular weight is 314 g/mol. The summed E-state index contributed by atoms with van der Waals surface area (Å²) in [5.74, 6) is -1.01. The molecule has 1 aromatic carbocycles. The number of ether oxygens (including phenoxy) is 2. The van der Waals surface area contributed by atoms with E-state index in [1.165, 1.54) is 31.4 Å². The Morgan fingerprint density at radius 1 is 1.23 bits per heavy atom. The number of nitro groups is 1. The van der Waals surface area contributed by atoms with E-state index in [9.17, 15) is 23.3 Å². The third kappa shape index (κ3) is 3.62. The Labute approximate surface area is 122 Å². The second-order valence-corrected chi connectivity index (χ2v) is 4.06. The van der Waals surface area contributed by atoms with Crippen LogP contribution >= 0.6 is 0 Å². The Bertz CT molecular complexity index is 704. The van der Waals surface area contributed by atoms with Gasteiger partial charge in [0.25, 0.3) is 0 Å². The predicted octanol–water partition coefficient (Wildman–Crippen LogP) is 3.56. The number of nitrogens with zero attached hydrogens (tertiary/aromatic N) is 2. The van der Waals surface area contributed by atoms with Crippen LogP contribution in [0.2, 0.25) is 0 Å². The molecule has 2 rings (SSSR count). The van der Waals surface area contributed by atoms with Gasteiger partial charge in [0.15, 0.2) is 5.69 Å². The lowest BCUT2D eigenvalue weighted by Crippen LogP contribution is -2.17. The highest BCUT2D eigenvalue weighted by molar-refractivity contribution is 5.63. The van der Waals surface area contributed by atoms with Gasteiger partial charge in [-0.25, -0.2) is 0 Å². The van der Waals surface area contributed by atoms with Crippen molar-refractivity contribution in [2.24, 2.45) is 0 Å². The summed E-state index contributed by atoms with van der Waals surface area (Å²) in [7, 11) is 1.25. The summed E-state index contributed by atoms with van der Waals surface area (Å²) in [5, 5.41) is 10.9. The smallest absolute Gasteiger partial charge is 0.489 e. The van der Waals surface area contributed by atoms with E-state index in [0.717, 1.165) is 12.1 Å². The first-order chi connectivity index (χ1) is 10.3. The van der Waals surface area contributed by atoms with Gasteiger partial charge in [-0.1, -0.05) is 12.1 Å². The summed E-state index contributed by atoms with van der Waals surface area (Å²) >= 11 is 0. The van der Waals surface area contributed by atoms with Crippen molar-refractivity contribution in [1.82, 2.24) is 4.98 Å². The van der Waals surface area contributed by atoms with E-state index >= 15 is 0 Å². The number of methoxy groups -OCH3 is 1. The highest BCUT2D eigenvalue weighted by atomic mass is 19.4. The third-order valence-electron chi connectivity index (χ3n) is 2.60. The van der Waals surface area contributed by atoms with E-state index in [4.69, 9.17) is 4.74 Å². The fourth-order valence-corrected chi connectivity index (χ4v) is 1.74. The molecule has 9 heteroatoms.